The number of nitrogens with zero attached hydrogens (tertiary/aromatic N) is 2. The summed E-state index contributed by atoms with van der Waals surface area (Å²) in [6.45, 7) is 1.82. The zero-order chi connectivity index (χ0) is 19.6. The van der Waals surface area contributed by atoms with E-state index in [9.17, 15) is 9.90 Å². The van der Waals surface area contributed by atoms with Crippen LogP contribution in [-0.2, 0) is 0 Å². The number of aromatic nitrogens is 2. The second-order valence-electron chi connectivity index (χ2n) is 5.95. The van der Waals surface area contributed by atoms with Crippen molar-refractivity contribution in [2.75, 3.05) is 5.32 Å². The SMILES string of the molecule is C[C@@H](Nc1cnn(-c2c(Cl)cccc2Cl)c(=O)c1Br)[C@@H](O)c1ccccc1. The van der Waals surface area contributed by atoms with Gasteiger partial charge in [-0.05, 0) is 40.5 Å². The van der Waals surface area contributed by atoms with Crippen LogP contribution in [0.5, 0.6) is 0 Å². The third kappa shape index (κ3) is 4.19. The summed E-state index contributed by atoms with van der Waals surface area (Å²) in [7, 11) is 0. The van der Waals surface area contributed by atoms with Crippen LogP contribution in [0.1, 0.15) is 18.6 Å². The van der Waals surface area contributed by atoms with Gasteiger partial charge in [-0.15, -0.1) is 0 Å². The summed E-state index contributed by atoms with van der Waals surface area (Å²) in [5, 5.41) is 18.4. The average molecular weight is 469 g/mol. The maximum absolute atomic E-state index is 12.7. The molecule has 3 rings (SSSR count). The standard InChI is InChI=1S/C19H16BrCl2N3O2/c1-11(18(26)12-6-3-2-4-7-12)24-15-10-23-25(19(27)16(15)20)17-13(21)8-5-9-14(17)22/h2-11,18,24,26H,1H3/t11-,18-/m1/s1. The first-order valence-corrected chi connectivity index (χ1v) is 9.67. The molecule has 8 heteroatoms. The van der Waals surface area contributed by atoms with Crippen molar-refractivity contribution in [2.45, 2.75) is 19.1 Å². The van der Waals surface area contributed by atoms with Gasteiger partial charge in [0.25, 0.3) is 5.56 Å². The van der Waals surface area contributed by atoms with E-state index in [0.717, 1.165) is 10.2 Å². The van der Waals surface area contributed by atoms with Crippen LogP contribution in [0.15, 0.2) is 64.0 Å². The van der Waals surface area contributed by atoms with E-state index in [1.807, 2.05) is 37.3 Å². The Kier molecular flexibility index (Phi) is 6.22. The van der Waals surface area contributed by atoms with Crippen molar-refractivity contribution in [3.63, 3.8) is 0 Å². The number of aliphatic hydroxyl groups is 1. The number of aliphatic hydroxyl groups excluding tert-OH is 1. The van der Waals surface area contributed by atoms with Gasteiger partial charge in [0.1, 0.15) is 10.2 Å². The monoisotopic (exact) mass is 467 g/mol. The van der Waals surface area contributed by atoms with E-state index in [2.05, 4.69) is 26.3 Å². The lowest BCUT2D eigenvalue weighted by molar-refractivity contribution is 0.160. The molecule has 0 radical (unpaired) electrons. The number of benzene rings is 2. The Morgan fingerprint density at radius 2 is 1.74 bits per heavy atom. The van der Waals surface area contributed by atoms with Crippen LogP contribution in [-0.4, -0.2) is 20.9 Å². The fraction of sp³-hybridized carbons (Fsp3) is 0.158. The Labute approximate surface area is 174 Å². The van der Waals surface area contributed by atoms with E-state index in [-0.39, 0.29) is 10.5 Å². The number of hydrogen-bond acceptors (Lipinski definition) is 4. The Bertz CT molecular complexity index is 991. The first-order valence-electron chi connectivity index (χ1n) is 8.12. The molecule has 1 aromatic heterocycles. The van der Waals surface area contributed by atoms with Crippen molar-refractivity contribution >= 4 is 44.8 Å². The molecule has 0 bridgehead atoms. The third-order valence-electron chi connectivity index (χ3n) is 4.07. The molecule has 0 saturated heterocycles. The van der Waals surface area contributed by atoms with Crippen LogP contribution < -0.4 is 10.9 Å². The fourth-order valence-corrected chi connectivity index (χ4v) is 3.59. The highest BCUT2D eigenvalue weighted by Gasteiger charge is 2.20. The van der Waals surface area contributed by atoms with Crippen molar-refractivity contribution in [1.29, 1.82) is 0 Å². The van der Waals surface area contributed by atoms with Gasteiger partial charge >= 0.3 is 0 Å². The molecule has 0 aliphatic carbocycles. The molecule has 3 aromatic rings. The van der Waals surface area contributed by atoms with Crippen molar-refractivity contribution in [1.82, 2.24) is 9.78 Å². The molecule has 2 N–H and O–H groups in total. The van der Waals surface area contributed by atoms with E-state index in [1.54, 1.807) is 18.2 Å². The van der Waals surface area contributed by atoms with Gasteiger partial charge in [-0.2, -0.15) is 9.78 Å². The molecule has 2 aromatic carbocycles. The third-order valence-corrected chi connectivity index (χ3v) is 5.44. The van der Waals surface area contributed by atoms with Crippen molar-refractivity contribution in [3.8, 4) is 5.69 Å². The smallest absolute Gasteiger partial charge is 0.288 e. The average Bonchev–Trinajstić information content (AvgIpc) is 2.67. The van der Waals surface area contributed by atoms with Crippen LogP contribution >= 0.6 is 39.1 Å². The van der Waals surface area contributed by atoms with Gasteiger partial charge in [0.2, 0.25) is 0 Å². The van der Waals surface area contributed by atoms with Gasteiger partial charge in [-0.1, -0.05) is 59.6 Å². The molecular weight excluding hydrogens is 453 g/mol. The van der Waals surface area contributed by atoms with E-state index in [0.29, 0.717) is 21.4 Å². The normalized spacial score (nSPS) is 13.2. The maximum Gasteiger partial charge on any atom is 0.288 e. The van der Waals surface area contributed by atoms with Gasteiger partial charge in [0.15, 0.2) is 0 Å². The summed E-state index contributed by atoms with van der Waals surface area (Å²) in [6.07, 6.45) is 0.734. The molecular formula is C19H16BrCl2N3O2. The quantitative estimate of drug-likeness (QED) is 0.562. The lowest BCUT2D eigenvalue weighted by Crippen LogP contribution is -2.28. The number of anilines is 1. The fourth-order valence-electron chi connectivity index (χ4n) is 2.65. The minimum absolute atomic E-state index is 0.264. The highest BCUT2D eigenvalue weighted by Crippen LogP contribution is 2.28. The summed E-state index contributed by atoms with van der Waals surface area (Å²) in [4.78, 5) is 12.7. The molecule has 27 heavy (non-hydrogen) atoms. The highest BCUT2D eigenvalue weighted by molar-refractivity contribution is 9.10. The van der Waals surface area contributed by atoms with Gasteiger partial charge in [-0.3, -0.25) is 4.79 Å². The molecule has 5 nitrogen and oxygen atoms in total. The number of rotatable bonds is 5. The predicted molar refractivity (Wildman–Crippen MR) is 112 cm³/mol. The van der Waals surface area contributed by atoms with Crippen LogP contribution in [0.4, 0.5) is 5.69 Å². The van der Waals surface area contributed by atoms with E-state index in [1.165, 1.54) is 6.20 Å². The van der Waals surface area contributed by atoms with Crippen LogP contribution in [0.2, 0.25) is 10.0 Å². The summed E-state index contributed by atoms with van der Waals surface area (Å²) in [5.74, 6) is 0. The highest BCUT2D eigenvalue weighted by atomic mass is 79.9. The number of para-hydroxylation sites is 1. The van der Waals surface area contributed by atoms with Gasteiger partial charge < -0.3 is 10.4 Å². The van der Waals surface area contributed by atoms with Crippen molar-refractivity contribution < 1.29 is 5.11 Å². The number of hydrogen-bond donors (Lipinski definition) is 2. The van der Waals surface area contributed by atoms with Crippen LogP contribution in [0.3, 0.4) is 0 Å². The first kappa shape index (κ1) is 19.9. The summed E-state index contributed by atoms with van der Waals surface area (Å²) >= 11 is 15.7. The minimum atomic E-state index is -0.751. The first-order chi connectivity index (χ1) is 12.9. The lowest BCUT2D eigenvalue weighted by atomic mass is 10.0. The van der Waals surface area contributed by atoms with Crippen molar-refractivity contribution in [2.24, 2.45) is 0 Å². The molecule has 1 heterocycles. The molecule has 0 aliphatic rings. The van der Waals surface area contributed by atoms with Gasteiger partial charge in [-0.25, -0.2) is 0 Å². The van der Waals surface area contributed by atoms with E-state index >= 15 is 0 Å². The van der Waals surface area contributed by atoms with E-state index in [4.69, 9.17) is 23.2 Å². The molecule has 0 unspecified atom stereocenters. The Morgan fingerprint density at radius 1 is 1.11 bits per heavy atom. The molecule has 0 spiro atoms. The summed E-state index contributed by atoms with van der Waals surface area (Å²) in [5.41, 5.74) is 1.13. The molecule has 2 atom stereocenters. The van der Waals surface area contributed by atoms with Crippen LogP contribution in [0, 0.1) is 0 Å². The molecule has 0 fully saturated rings. The van der Waals surface area contributed by atoms with Crippen molar-refractivity contribution in [3.05, 3.63) is 85.2 Å². The summed E-state index contributed by atoms with van der Waals surface area (Å²) in [6, 6.07) is 13.9. The second kappa shape index (κ2) is 8.44. The predicted octanol–water partition coefficient (Wildman–Crippen LogP) is 4.84. The Morgan fingerprint density at radius 3 is 2.37 bits per heavy atom. The number of nitrogens with one attached hydrogen (secondary N) is 1. The zero-order valence-electron chi connectivity index (χ0n) is 14.2. The molecule has 0 saturated carbocycles. The molecule has 140 valence electrons. The number of halogens is 3. The zero-order valence-corrected chi connectivity index (χ0v) is 17.3. The Balaban J connectivity index is 1.91. The minimum Gasteiger partial charge on any atom is -0.386 e. The topological polar surface area (TPSA) is 67.2 Å². The van der Waals surface area contributed by atoms with Gasteiger partial charge in [0.05, 0.1) is 34.1 Å². The Hall–Kier alpha value is -1.86. The molecule has 0 amide bonds. The molecule has 0 aliphatic heterocycles. The van der Waals surface area contributed by atoms with Crippen LogP contribution in [0.25, 0.3) is 5.69 Å². The lowest BCUT2D eigenvalue weighted by Gasteiger charge is -2.22. The van der Waals surface area contributed by atoms with E-state index < -0.39 is 11.7 Å². The maximum atomic E-state index is 12.7. The summed E-state index contributed by atoms with van der Waals surface area (Å²) < 4.78 is 1.40. The largest absolute Gasteiger partial charge is 0.386 e. The van der Waals surface area contributed by atoms with Gasteiger partial charge in [0, 0.05) is 0 Å². The second-order valence-corrected chi connectivity index (χ2v) is 7.56.